The summed E-state index contributed by atoms with van der Waals surface area (Å²) >= 11 is 0. The number of carbonyl (C=O) groups excluding carboxylic acids is 1. The molecule has 3 nitrogen and oxygen atoms in total. The summed E-state index contributed by atoms with van der Waals surface area (Å²) in [5.74, 6) is 0.319. The van der Waals surface area contributed by atoms with Crippen LogP contribution in [0.25, 0.3) is 0 Å². The van der Waals surface area contributed by atoms with Crippen LogP contribution in [0.3, 0.4) is 0 Å². The van der Waals surface area contributed by atoms with Crippen LogP contribution in [0.1, 0.15) is 23.3 Å². The Kier molecular flexibility index (Phi) is 1.59. The van der Waals surface area contributed by atoms with Gasteiger partial charge in [0, 0.05) is 18.3 Å². The highest BCUT2D eigenvalue weighted by atomic mass is 16.2. The average Bonchev–Trinajstić information content (AvgIpc) is 2.73. The fourth-order valence-electron chi connectivity index (χ4n) is 2.73. The van der Waals surface area contributed by atoms with E-state index in [1.807, 2.05) is 16.8 Å². The maximum absolute atomic E-state index is 12.2. The Morgan fingerprint density at radius 1 is 1.36 bits per heavy atom. The molecule has 3 heteroatoms. The van der Waals surface area contributed by atoms with Crippen molar-refractivity contribution in [3.05, 3.63) is 24.0 Å². The Balaban J connectivity index is 1.99. The number of aromatic nitrogens is 1. The molecule has 0 amide bonds. The van der Waals surface area contributed by atoms with Gasteiger partial charge >= 0.3 is 0 Å². The topological polar surface area (TPSA) is 34.0 Å². The molecule has 1 saturated heterocycles. The van der Waals surface area contributed by atoms with E-state index in [1.165, 1.54) is 5.69 Å². The van der Waals surface area contributed by atoms with Gasteiger partial charge < -0.3 is 5.32 Å². The Labute approximate surface area is 83.1 Å². The second-order valence-electron chi connectivity index (χ2n) is 4.38. The van der Waals surface area contributed by atoms with Crippen molar-refractivity contribution in [2.24, 2.45) is 5.41 Å². The van der Waals surface area contributed by atoms with Crippen LogP contribution < -0.4 is 5.32 Å². The minimum Gasteiger partial charge on any atom is -0.317 e. The van der Waals surface area contributed by atoms with Crippen molar-refractivity contribution in [1.29, 1.82) is 0 Å². The largest absolute Gasteiger partial charge is 0.317 e. The van der Waals surface area contributed by atoms with Gasteiger partial charge in [0.15, 0.2) is 0 Å². The Bertz CT molecular complexity index is 374. The average molecular weight is 190 g/mol. The van der Waals surface area contributed by atoms with E-state index in [1.54, 1.807) is 0 Å². The molecule has 0 radical (unpaired) electrons. The summed E-state index contributed by atoms with van der Waals surface area (Å²) in [6.07, 6.45) is 4.83. The molecule has 1 aromatic heterocycles. The molecule has 0 unspecified atom stereocenters. The van der Waals surface area contributed by atoms with Gasteiger partial charge in [0.25, 0.3) is 0 Å². The first kappa shape index (κ1) is 8.24. The molecule has 3 rings (SSSR count). The Hall–Kier alpha value is -1.09. The van der Waals surface area contributed by atoms with Gasteiger partial charge in [0.2, 0.25) is 5.91 Å². The van der Waals surface area contributed by atoms with Crippen molar-refractivity contribution in [3.8, 4) is 0 Å². The number of nitrogens with one attached hydrogen (secondary N) is 1. The highest BCUT2D eigenvalue weighted by molar-refractivity contribution is 5.89. The van der Waals surface area contributed by atoms with E-state index in [2.05, 4.69) is 11.4 Å². The lowest BCUT2D eigenvalue weighted by atomic mass is 9.77. The normalized spacial score (nSPS) is 24.1. The van der Waals surface area contributed by atoms with Crippen molar-refractivity contribution in [3.63, 3.8) is 0 Å². The van der Waals surface area contributed by atoms with E-state index in [0.717, 1.165) is 32.4 Å². The number of hydrogen-bond acceptors (Lipinski definition) is 2. The summed E-state index contributed by atoms with van der Waals surface area (Å²) in [5.41, 5.74) is 1.12. The molecule has 1 fully saturated rings. The Morgan fingerprint density at radius 3 is 2.86 bits per heavy atom. The van der Waals surface area contributed by atoms with Gasteiger partial charge in [-0.25, -0.2) is 0 Å². The fraction of sp³-hybridized carbons (Fsp3) is 0.545. The van der Waals surface area contributed by atoms with Crippen LogP contribution in [0.2, 0.25) is 0 Å². The predicted octanol–water partition coefficient (Wildman–Crippen LogP) is 1.05. The predicted molar refractivity (Wildman–Crippen MR) is 53.3 cm³/mol. The molecule has 0 aliphatic carbocycles. The summed E-state index contributed by atoms with van der Waals surface area (Å²) in [4.78, 5) is 12.2. The van der Waals surface area contributed by atoms with Gasteiger partial charge in [0.05, 0.1) is 5.41 Å². The smallest absolute Gasteiger partial charge is 0.237 e. The number of carbonyl (C=O) groups is 1. The van der Waals surface area contributed by atoms with Crippen LogP contribution in [0, 0.1) is 5.41 Å². The molecule has 3 heterocycles. The molecule has 0 saturated carbocycles. The van der Waals surface area contributed by atoms with Crippen LogP contribution in [0.4, 0.5) is 0 Å². The van der Waals surface area contributed by atoms with Gasteiger partial charge in [-0.1, -0.05) is 0 Å². The number of piperidine rings is 1. The summed E-state index contributed by atoms with van der Waals surface area (Å²) in [5, 5.41) is 3.31. The summed E-state index contributed by atoms with van der Waals surface area (Å²) in [6.45, 7) is 1.97. The lowest BCUT2D eigenvalue weighted by Crippen LogP contribution is -2.41. The molecule has 74 valence electrons. The number of fused-ring (bicyclic) bond motifs is 1. The van der Waals surface area contributed by atoms with Crippen molar-refractivity contribution in [1.82, 2.24) is 9.88 Å². The minimum absolute atomic E-state index is 0.0676. The van der Waals surface area contributed by atoms with E-state index in [0.29, 0.717) is 5.91 Å². The third kappa shape index (κ3) is 0.932. The van der Waals surface area contributed by atoms with Crippen molar-refractivity contribution in [2.75, 3.05) is 13.1 Å². The van der Waals surface area contributed by atoms with Gasteiger partial charge in [0.1, 0.15) is 0 Å². The standard InChI is InChI=1S/C11H14N2O/c14-10-11(3-5-12-6-4-11)8-9-2-1-7-13(9)10/h1-2,7,12H,3-6,8H2. The van der Waals surface area contributed by atoms with Gasteiger partial charge in [-0.15, -0.1) is 0 Å². The summed E-state index contributed by atoms with van der Waals surface area (Å²) in [6, 6.07) is 4.02. The number of nitrogens with zero attached hydrogens (tertiary/aromatic N) is 1. The van der Waals surface area contributed by atoms with Crippen molar-refractivity contribution in [2.45, 2.75) is 19.3 Å². The highest BCUT2D eigenvalue weighted by Gasteiger charge is 2.45. The van der Waals surface area contributed by atoms with Crippen LogP contribution in [0.5, 0.6) is 0 Å². The number of hydrogen-bond donors (Lipinski definition) is 1. The maximum atomic E-state index is 12.2. The van der Waals surface area contributed by atoms with Crippen LogP contribution in [0.15, 0.2) is 18.3 Å². The van der Waals surface area contributed by atoms with Gasteiger partial charge in [-0.3, -0.25) is 9.36 Å². The third-order valence-corrected chi connectivity index (χ3v) is 3.59. The summed E-state index contributed by atoms with van der Waals surface area (Å²) < 4.78 is 1.84. The molecular formula is C11H14N2O. The second kappa shape index (κ2) is 2.70. The van der Waals surface area contributed by atoms with Crippen LogP contribution in [-0.4, -0.2) is 23.6 Å². The van der Waals surface area contributed by atoms with E-state index in [4.69, 9.17) is 0 Å². The SMILES string of the molecule is O=C1n2cccc2CC12CCNCC2. The molecular weight excluding hydrogens is 176 g/mol. The first-order valence-electron chi connectivity index (χ1n) is 5.24. The zero-order chi connectivity index (χ0) is 9.60. The Morgan fingerprint density at radius 2 is 2.14 bits per heavy atom. The lowest BCUT2D eigenvalue weighted by Gasteiger charge is -2.31. The van der Waals surface area contributed by atoms with Gasteiger partial charge in [-0.05, 0) is 38.1 Å². The molecule has 0 bridgehead atoms. The molecule has 2 aliphatic rings. The zero-order valence-corrected chi connectivity index (χ0v) is 8.12. The molecule has 1 aromatic rings. The first-order valence-corrected chi connectivity index (χ1v) is 5.24. The molecule has 0 atom stereocenters. The minimum atomic E-state index is -0.0676. The first-order chi connectivity index (χ1) is 6.82. The zero-order valence-electron chi connectivity index (χ0n) is 8.12. The molecule has 0 aromatic carbocycles. The summed E-state index contributed by atoms with van der Waals surface area (Å²) in [7, 11) is 0. The van der Waals surface area contributed by atoms with E-state index < -0.39 is 0 Å². The van der Waals surface area contributed by atoms with Gasteiger partial charge in [-0.2, -0.15) is 0 Å². The van der Waals surface area contributed by atoms with Crippen molar-refractivity contribution < 1.29 is 4.79 Å². The molecule has 14 heavy (non-hydrogen) atoms. The van der Waals surface area contributed by atoms with Crippen LogP contribution >= 0.6 is 0 Å². The van der Waals surface area contributed by atoms with E-state index in [9.17, 15) is 4.79 Å². The monoisotopic (exact) mass is 190 g/mol. The van der Waals surface area contributed by atoms with Crippen LogP contribution in [-0.2, 0) is 6.42 Å². The fourth-order valence-corrected chi connectivity index (χ4v) is 2.73. The molecule has 1 spiro atoms. The second-order valence-corrected chi connectivity index (χ2v) is 4.38. The molecule has 1 N–H and O–H groups in total. The maximum Gasteiger partial charge on any atom is 0.237 e. The van der Waals surface area contributed by atoms with E-state index >= 15 is 0 Å². The van der Waals surface area contributed by atoms with E-state index in [-0.39, 0.29) is 5.41 Å². The lowest BCUT2D eigenvalue weighted by molar-refractivity contribution is 0.0690. The van der Waals surface area contributed by atoms with Crippen molar-refractivity contribution >= 4 is 5.91 Å². The quantitative estimate of drug-likeness (QED) is 0.663. The third-order valence-electron chi connectivity index (χ3n) is 3.59. The molecule has 2 aliphatic heterocycles. The number of rotatable bonds is 0. The highest BCUT2D eigenvalue weighted by Crippen LogP contribution is 2.39.